The molecule has 0 spiro atoms. The average Bonchev–Trinajstić information content (AvgIpc) is 3.10. The van der Waals surface area contributed by atoms with Crippen LogP contribution in [0.25, 0.3) is 0 Å². The molecule has 1 N–H and O–H groups in total. The Balaban J connectivity index is 2.20. The highest BCUT2D eigenvalue weighted by Gasteiger charge is 2.21. The van der Waals surface area contributed by atoms with Gasteiger partial charge in [0.25, 0.3) is 5.91 Å². The van der Waals surface area contributed by atoms with E-state index in [1.165, 1.54) is 23.1 Å². The smallest absolute Gasteiger partial charge is 0.256 e. The van der Waals surface area contributed by atoms with E-state index < -0.39 is 11.7 Å². The third-order valence-electron chi connectivity index (χ3n) is 3.76. The molecule has 0 aliphatic rings. The number of amides is 2. The minimum Gasteiger partial charge on any atom is -0.345 e. The van der Waals surface area contributed by atoms with Gasteiger partial charge in [0.1, 0.15) is 11.9 Å². The van der Waals surface area contributed by atoms with Gasteiger partial charge in [-0.05, 0) is 48.8 Å². The zero-order chi connectivity index (χ0) is 18.4. The molecule has 0 aliphatic carbocycles. The molecule has 0 bridgehead atoms. The average molecular weight is 363 g/mol. The number of hydrogen-bond donors (Lipinski definition) is 1. The van der Waals surface area contributed by atoms with E-state index in [1.807, 2.05) is 35.3 Å². The largest absolute Gasteiger partial charge is 0.345 e. The lowest BCUT2D eigenvalue weighted by molar-refractivity contribution is -0.119. The van der Waals surface area contributed by atoms with Crippen LogP contribution in [0.1, 0.15) is 22.8 Å². The highest BCUT2D eigenvalue weighted by Crippen LogP contribution is 2.20. The van der Waals surface area contributed by atoms with Crippen molar-refractivity contribution in [3.8, 4) is 0 Å². The molecule has 1 aromatic heterocycles. The summed E-state index contributed by atoms with van der Waals surface area (Å²) in [5.74, 6) is -0.413. The maximum absolute atomic E-state index is 13.9. The summed E-state index contributed by atoms with van der Waals surface area (Å²) in [6, 6.07) is 7.40. The topological polar surface area (TPSA) is 54.3 Å². The Morgan fingerprint density at radius 2 is 1.96 bits per heavy atom. The molecule has 2 amide bonds. The van der Waals surface area contributed by atoms with Crippen molar-refractivity contribution in [2.45, 2.75) is 12.5 Å². The van der Waals surface area contributed by atoms with Gasteiger partial charge in [-0.25, -0.2) is 4.39 Å². The van der Waals surface area contributed by atoms with Crippen molar-refractivity contribution >= 4 is 29.3 Å². The molecule has 1 heterocycles. The molecule has 5 nitrogen and oxygen atoms in total. The molecule has 0 saturated heterocycles. The van der Waals surface area contributed by atoms with Crippen molar-refractivity contribution < 1.29 is 14.0 Å². The van der Waals surface area contributed by atoms with Crippen molar-refractivity contribution in [3.05, 3.63) is 54.1 Å². The van der Waals surface area contributed by atoms with E-state index in [-0.39, 0.29) is 17.5 Å². The lowest BCUT2D eigenvalue weighted by Crippen LogP contribution is -2.26. The minimum absolute atomic E-state index is 0.0653. The second kappa shape index (κ2) is 8.71. The van der Waals surface area contributed by atoms with Crippen LogP contribution in [0.3, 0.4) is 0 Å². The summed E-state index contributed by atoms with van der Waals surface area (Å²) in [5, 5.41) is 2.79. The van der Waals surface area contributed by atoms with E-state index in [2.05, 4.69) is 5.32 Å². The zero-order valence-electron chi connectivity index (χ0n) is 14.5. The first-order valence-electron chi connectivity index (χ1n) is 7.87. The van der Waals surface area contributed by atoms with Crippen LogP contribution in [0.2, 0.25) is 0 Å². The van der Waals surface area contributed by atoms with E-state index in [0.717, 1.165) is 5.75 Å². The van der Waals surface area contributed by atoms with Gasteiger partial charge in [0.05, 0.1) is 5.56 Å². The summed E-state index contributed by atoms with van der Waals surface area (Å²) >= 11 is 1.67. The van der Waals surface area contributed by atoms with Gasteiger partial charge >= 0.3 is 0 Å². The highest BCUT2D eigenvalue weighted by atomic mass is 32.2. The van der Waals surface area contributed by atoms with E-state index in [0.29, 0.717) is 12.1 Å². The maximum atomic E-state index is 13.9. The van der Waals surface area contributed by atoms with Gasteiger partial charge in [-0.3, -0.25) is 9.59 Å². The predicted octanol–water partition coefficient (Wildman–Crippen LogP) is 3.26. The predicted molar refractivity (Wildman–Crippen MR) is 99.5 cm³/mol. The second-order valence-electron chi connectivity index (χ2n) is 5.81. The molecule has 2 rings (SSSR count). The van der Waals surface area contributed by atoms with Crippen LogP contribution in [0.15, 0.2) is 42.7 Å². The first kappa shape index (κ1) is 19.1. The van der Waals surface area contributed by atoms with E-state index in [4.69, 9.17) is 0 Å². The van der Waals surface area contributed by atoms with E-state index >= 15 is 0 Å². The monoisotopic (exact) mass is 363 g/mol. The van der Waals surface area contributed by atoms with E-state index in [1.54, 1.807) is 25.9 Å². The normalized spacial score (nSPS) is 11.8. The van der Waals surface area contributed by atoms with Crippen LogP contribution in [0.5, 0.6) is 0 Å². The lowest BCUT2D eigenvalue weighted by Gasteiger charge is -2.19. The zero-order valence-corrected chi connectivity index (χ0v) is 15.3. The fourth-order valence-corrected chi connectivity index (χ4v) is 2.89. The fourth-order valence-electron chi connectivity index (χ4n) is 2.43. The lowest BCUT2D eigenvalue weighted by atomic mass is 10.1. The number of halogens is 1. The number of aromatic nitrogens is 1. The highest BCUT2D eigenvalue weighted by molar-refractivity contribution is 7.98. The first-order chi connectivity index (χ1) is 11.9. The minimum atomic E-state index is -0.610. The van der Waals surface area contributed by atoms with Crippen LogP contribution in [0, 0.1) is 5.82 Å². The third-order valence-corrected chi connectivity index (χ3v) is 4.40. The van der Waals surface area contributed by atoms with Crippen LogP contribution in [-0.2, 0) is 4.79 Å². The van der Waals surface area contributed by atoms with Crippen LogP contribution in [0.4, 0.5) is 10.1 Å². The number of carbonyl (C=O) groups excluding carboxylic acids is 2. The molecular weight excluding hydrogens is 341 g/mol. The molecule has 7 heteroatoms. The SMILES string of the molecule is CSCCC(C(=O)Nc1ccc(F)c(C(=O)N(C)C)c1)n1cccc1. The van der Waals surface area contributed by atoms with Gasteiger partial charge < -0.3 is 14.8 Å². The molecule has 0 aliphatic heterocycles. The van der Waals surface area contributed by atoms with Gasteiger partial charge in [-0.2, -0.15) is 11.8 Å². The second-order valence-corrected chi connectivity index (χ2v) is 6.80. The third kappa shape index (κ3) is 4.85. The Bertz CT molecular complexity index is 732. The summed E-state index contributed by atoms with van der Waals surface area (Å²) in [7, 11) is 3.11. The van der Waals surface area contributed by atoms with Crippen LogP contribution in [-0.4, -0.2) is 47.4 Å². The molecule has 1 unspecified atom stereocenters. The first-order valence-corrected chi connectivity index (χ1v) is 9.27. The summed E-state index contributed by atoms with van der Waals surface area (Å²) in [4.78, 5) is 26.0. The number of nitrogens with zero attached hydrogens (tertiary/aromatic N) is 2. The van der Waals surface area contributed by atoms with Crippen molar-refractivity contribution in [1.82, 2.24) is 9.47 Å². The fraction of sp³-hybridized carbons (Fsp3) is 0.333. The summed E-state index contributed by atoms with van der Waals surface area (Å²) in [5.41, 5.74) is 0.335. The Morgan fingerprint density at radius 3 is 2.56 bits per heavy atom. The van der Waals surface area contributed by atoms with Crippen molar-refractivity contribution in [2.75, 3.05) is 31.4 Å². The Kier molecular flexibility index (Phi) is 6.64. The summed E-state index contributed by atoms with van der Waals surface area (Å²) in [6.45, 7) is 0. The molecule has 0 radical (unpaired) electrons. The number of rotatable bonds is 7. The molecule has 2 aromatic rings. The van der Waals surface area contributed by atoms with Crippen LogP contribution >= 0.6 is 11.8 Å². The molecule has 1 aromatic carbocycles. The van der Waals surface area contributed by atoms with Gasteiger partial charge in [-0.15, -0.1) is 0 Å². The van der Waals surface area contributed by atoms with Crippen molar-refractivity contribution in [1.29, 1.82) is 0 Å². The molecule has 134 valence electrons. The number of carbonyl (C=O) groups is 2. The van der Waals surface area contributed by atoms with Gasteiger partial charge in [-0.1, -0.05) is 0 Å². The summed E-state index contributed by atoms with van der Waals surface area (Å²) in [6.07, 6.45) is 6.35. The Hall–Kier alpha value is -2.28. The number of anilines is 1. The van der Waals surface area contributed by atoms with Crippen molar-refractivity contribution in [3.63, 3.8) is 0 Å². The Morgan fingerprint density at radius 1 is 1.28 bits per heavy atom. The van der Waals surface area contributed by atoms with Gasteiger partial charge in [0.15, 0.2) is 0 Å². The number of nitrogens with one attached hydrogen (secondary N) is 1. The quantitative estimate of drug-likeness (QED) is 0.821. The molecule has 0 saturated carbocycles. The number of benzene rings is 1. The van der Waals surface area contributed by atoms with Crippen LogP contribution < -0.4 is 5.32 Å². The number of thioether (sulfide) groups is 1. The molecular formula is C18H22FN3O2S. The standard InChI is InChI=1S/C18H22FN3O2S/c1-21(2)18(24)14-12-13(6-7-15(14)19)20-17(23)16(8-11-25-3)22-9-4-5-10-22/h4-7,9-10,12,16H,8,11H2,1-3H3,(H,20,23). The van der Waals surface area contributed by atoms with Gasteiger partial charge in [0, 0.05) is 32.2 Å². The Labute approximate surface area is 151 Å². The number of hydrogen-bond acceptors (Lipinski definition) is 3. The van der Waals surface area contributed by atoms with Crippen molar-refractivity contribution in [2.24, 2.45) is 0 Å². The van der Waals surface area contributed by atoms with E-state index in [9.17, 15) is 14.0 Å². The summed E-state index contributed by atoms with van der Waals surface area (Å²) < 4.78 is 15.7. The molecule has 25 heavy (non-hydrogen) atoms. The van der Waals surface area contributed by atoms with Gasteiger partial charge in [0.2, 0.25) is 5.91 Å². The molecule has 1 atom stereocenters. The maximum Gasteiger partial charge on any atom is 0.256 e. The molecule has 0 fully saturated rings.